The number of hydrogen-bond donors (Lipinski definition) is 0. The number of para-hydroxylation sites is 2. The molecule has 0 fully saturated rings. The lowest BCUT2D eigenvalue weighted by Gasteiger charge is -2.17. The number of fused-ring (bicyclic) bond motifs is 1. The third kappa shape index (κ3) is 3.12. The third-order valence-electron chi connectivity index (χ3n) is 4.40. The van der Waals surface area contributed by atoms with Gasteiger partial charge in [0.1, 0.15) is 0 Å². The molecule has 0 bridgehead atoms. The molecule has 0 unspecified atom stereocenters. The van der Waals surface area contributed by atoms with Crippen LogP contribution in [0, 0.1) is 10.1 Å². The van der Waals surface area contributed by atoms with Gasteiger partial charge in [-0.1, -0.05) is 30.3 Å². The van der Waals surface area contributed by atoms with E-state index >= 15 is 0 Å². The fourth-order valence-electron chi connectivity index (χ4n) is 3.04. The van der Waals surface area contributed by atoms with E-state index in [1.165, 1.54) is 30.3 Å². The molecule has 0 aliphatic carbocycles. The highest BCUT2D eigenvalue weighted by Gasteiger charge is 2.37. The first-order chi connectivity index (χ1) is 14.0. The van der Waals surface area contributed by atoms with Gasteiger partial charge in [-0.25, -0.2) is 9.69 Å². The molecule has 0 saturated carbocycles. The zero-order valence-electron chi connectivity index (χ0n) is 14.8. The zero-order valence-corrected chi connectivity index (χ0v) is 14.8. The quantitative estimate of drug-likeness (QED) is 0.222. The number of carbonyl (C=O) groups is 3. The Kier molecular flexibility index (Phi) is 4.36. The Bertz CT molecular complexity index is 1150. The predicted octanol–water partition coefficient (Wildman–Crippen LogP) is 3.61. The predicted molar refractivity (Wildman–Crippen MR) is 102 cm³/mol. The van der Waals surface area contributed by atoms with Gasteiger partial charge in [-0.05, 0) is 30.3 Å². The number of carbonyl (C=O) groups excluding carboxylic acids is 3. The lowest BCUT2D eigenvalue weighted by atomic mass is 10.1. The molecule has 142 valence electrons. The Labute approximate surface area is 164 Å². The smallest absolute Gasteiger partial charge is 0.343 e. The highest BCUT2D eigenvalue weighted by molar-refractivity contribution is 6.34. The van der Waals surface area contributed by atoms with E-state index < -0.39 is 22.7 Å². The SMILES string of the molecule is O=C(Oc1ccccc1N1C(=O)c2ccccc2C1=O)c1cccc([N+](=O)[O-])c1. The molecule has 1 heterocycles. The molecule has 1 aliphatic heterocycles. The molecule has 2 amide bonds. The summed E-state index contributed by atoms with van der Waals surface area (Å²) in [6.45, 7) is 0. The van der Waals surface area contributed by atoms with E-state index in [9.17, 15) is 24.5 Å². The van der Waals surface area contributed by atoms with Crippen LogP contribution in [0.3, 0.4) is 0 Å². The summed E-state index contributed by atoms with van der Waals surface area (Å²) in [6, 6.07) is 17.6. The Hall–Kier alpha value is -4.33. The molecule has 0 aromatic heterocycles. The van der Waals surface area contributed by atoms with Crippen LogP contribution in [0.5, 0.6) is 5.75 Å². The van der Waals surface area contributed by atoms with Gasteiger partial charge in [-0.3, -0.25) is 19.7 Å². The van der Waals surface area contributed by atoms with Crippen LogP contribution in [0.15, 0.2) is 72.8 Å². The molecule has 1 aliphatic rings. The summed E-state index contributed by atoms with van der Waals surface area (Å²) >= 11 is 0. The van der Waals surface area contributed by atoms with Crippen LogP contribution in [-0.2, 0) is 0 Å². The average molecular weight is 388 g/mol. The van der Waals surface area contributed by atoms with Gasteiger partial charge in [-0.2, -0.15) is 0 Å². The number of nitro groups is 1. The molecule has 0 spiro atoms. The number of non-ortho nitro benzene ring substituents is 1. The lowest BCUT2D eigenvalue weighted by Crippen LogP contribution is -2.30. The van der Waals surface area contributed by atoms with Crippen molar-refractivity contribution in [2.75, 3.05) is 4.90 Å². The Morgan fingerprint density at radius 2 is 1.48 bits per heavy atom. The summed E-state index contributed by atoms with van der Waals surface area (Å²) in [6.07, 6.45) is 0. The number of hydrogen-bond acceptors (Lipinski definition) is 6. The molecular formula is C21H12N2O6. The topological polar surface area (TPSA) is 107 Å². The largest absolute Gasteiger partial charge is 0.421 e. The number of benzene rings is 3. The minimum atomic E-state index is -0.849. The summed E-state index contributed by atoms with van der Waals surface area (Å²) in [7, 11) is 0. The number of anilines is 1. The van der Waals surface area contributed by atoms with Crippen molar-refractivity contribution in [1.29, 1.82) is 0 Å². The number of rotatable bonds is 4. The van der Waals surface area contributed by atoms with Gasteiger partial charge in [0.2, 0.25) is 0 Å². The van der Waals surface area contributed by atoms with Gasteiger partial charge in [-0.15, -0.1) is 0 Å². The van der Waals surface area contributed by atoms with Crippen molar-refractivity contribution in [2.45, 2.75) is 0 Å². The van der Waals surface area contributed by atoms with Crippen molar-refractivity contribution in [1.82, 2.24) is 0 Å². The van der Waals surface area contributed by atoms with Crippen LogP contribution < -0.4 is 9.64 Å². The fraction of sp³-hybridized carbons (Fsp3) is 0. The molecule has 0 radical (unpaired) electrons. The van der Waals surface area contributed by atoms with Crippen molar-refractivity contribution in [3.8, 4) is 5.75 Å². The zero-order chi connectivity index (χ0) is 20.5. The molecule has 3 aromatic rings. The Morgan fingerprint density at radius 3 is 2.14 bits per heavy atom. The second-order valence-electron chi connectivity index (χ2n) is 6.16. The van der Waals surface area contributed by atoms with E-state index in [1.54, 1.807) is 36.4 Å². The number of ether oxygens (including phenoxy) is 1. The highest BCUT2D eigenvalue weighted by atomic mass is 16.6. The summed E-state index contributed by atoms with van der Waals surface area (Å²) in [5.74, 6) is -1.91. The minimum absolute atomic E-state index is 0.0153. The standard InChI is InChI=1S/C21H12N2O6/c24-19-15-8-1-2-9-16(15)20(25)22(19)17-10-3-4-11-18(17)29-21(26)13-6-5-7-14(12-13)23(27)28/h1-12H. The van der Waals surface area contributed by atoms with Gasteiger partial charge in [0, 0.05) is 12.1 Å². The number of amides is 2. The average Bonchev–Trinajstić information content (AvgIpc) is 2.99. The molecule has 0 N–H and O–H groups in total. The minimum Gasteiger partial charge on any atom is -0.421 e. The van der Waals surface area contributed by atoms with Crippen LogP contribution in [0.2, 0.25) is 0 Å². The maximum atomic E-state index is 12.7. The van der Waals surface area contributed by atoms with E-state index in [0.717, 1.165) is 11.0 Å². The van der Waals surface area contributed by atoms with E-state index in [2.05, 4.69) is 0 Å². The second-order valence-corrected chi connectivity index (χ2v) is 6.16. The molecule has 0 saturated heterocycles. The number of esters is 1. The summed E-state index contributed by atoms with van der Waals surface area (Å²) < 4.78 is 5.37. The molecule has 4 rings (SSSR count). The van der Waals surface area contributed by atoms with Crippen molar-refractivity contribution >= 4 is 29.2 Å². The molecule has 0 atom stereocenters. The second kappa shape index (κ2) is 7.01. The van der Waals surface area contributed by atoms with Crippen LogP contribution in [-0.4, -0.2) is 22.7 Å². The number of nitrogens with zero attached hydrogens (tertiary/aromatic N) is 2. The number of imide groups is 1. The summed E-state index contributed by atoms with van der Waals surface area (Å²) in [5, 5.41) is 10.9. The van der Waals surface area contributed by atoms with Crippen LogP contribution in [0.4, 0.5) is 11.4 Å². The highest BCUT2D eigenvalue weighted by Crippen LogP contribution is 2.35. The van der Waals surface area contributed by atoms with E-state index in [-0.39, 0.29) is 33.8 Å². The van der Waals surface area contributed by atoms with Crippen molar-refractivity contribution in [3.63, 3.8) is 0 Å². The van der Waals surface area contributed by atoms with E-state index in [1.807, 2.05) is 0 Å². The fourth-order valence-corrected chi connectivity index (χ4v) is 3.04. The van der Waals surface area contributed by atoms with Crippen LogP contribution in [0.1, 0.15) is 31.1 Å². The molecule has 8 nitrogen and oxygen atoms in total. The van der Waals surface area contributed by atoms with Gasteiger partial charge in [0.15, 0.2) is 5.75 Å². The normalized spacial score (nSPS) is 12.6. The first kappa shape index (κ1) is 18.1. The Morgan fingerprint density at radius 1 is 0.862 bits per heavy atom. The number of nitro benzene ring substituents is 1. The third-order valence-corrected chi connectivity index (χ3v) is 4.40. The van der Waals surface area contributed by atoms with Crippen LogP contribution in [0.25, 0.3) is 0 Å². The first-order valence-electron chi connectivity index (χ1n) is 8.51. The van der Waals surface area contributed by atoms with Gasteiger partial charge >= 0.3 is 5.97 Å². The summed E-state index contributed by atoms with van der Waals surface area (Å²) in [5.41, 5.74) is 0.344. The Balaban J connectivity index is 1.68. The first-order valence-corrected chi connectivity index (χ1v) is 8.51. The van der Waals surface area contributed by atoms with Gasteiger partial charge in [0.05, 0.1) is 27.3 Å². The molecule has 3 aromatic carbocycles. The van der Waals surface area contributed by atoms with Crippen molar-refractivity contribution in [3.05, 3.63) is 99.6 Å². The van der Waals surface area contributed by atoms with Gasteiger partial charge < -0.3 is 4.74 Å². The molecular weight excluding hydrogens is 376 g/mol. The van der Waals surface area contributed by atoms with Crippen LogP contribution >= 0.6 is 0 Å². The monoisotopic (exact) mass is 388 g/mol. The molecule has 8 heteroatoms. The lowest BCUT2D eigenvalue weighted by molar-refractivity contribution is -0.384. The van der Waals surface area contributed by atoms with E-state index in [4.69, 9.17) is 4.74 Å². The van der Waals surface area contributed by atoms with Crippen molar-refractivity contribution < 1.29 is 24.0 Å². The summed E-state index contributed by atoms with van der Waals surface area (Å²) in [4.78, 5) is 49.2. The maximum absolute atomic E-state index is 12.7. The van der Waals surface area contributed by atoms with Gasteiger partial charge in [0.25, 0.3) is 17.5 Å². The van der Waals surface area contributed by atoms with E-state index in [0.29, 0.717) is 0 Å². The van der Waals surface area contributed by atoms with Crippen molar-refractivity contribution in [2.24, 2.45) is 0 Å². The molecule has 29 heavy (non-hydrogen) atoms. The maximum Gasteiger partial charge on any atom is 0.343 e.